The molecule has 6 nitrogen and oxygen atoms in total. The van der Waals surface area contributed by atoms with Crippen molar-refractivity contribution in [2.24, 2.45) is 5.92 Å². The number of benzene rings is 2. The van der Waals surface area contributed by atoms with E-state index in [-0.39, 0.29) is 22.8 Å². The Kier molecular flexibility index (Phi) is 7.67. The van der Waals surface area contributed by atoms with Gasteiger partial charge in [-0.15, -0.1) is 0 Å². The molecule has 184 valence electrons. The molecule has 0 radical (unpaired) electrons. The molecule has 1 fully saturated rings. The van der Waals surface area contributed by atoms with Gasteiger partial charge in [-0.25, -0.2) is 4.79 Å². The molecule has 2 atom stereocenters. The molecule has 0 aromatic heterocycles. The van der Waals surface area contributed by atoms with Crippen LogP contribution >= 0.6 is 0 Å². The third-order valence-electron chi connectivity index (χ3n) is 6.16. The third kappa shape index (κ3) is 5.95. The van der Waals surface area contributed by atoms with Gasteiger partial charge in [0.25, 0.3) is 0 Å². The Balaban J connectivity index is 1.89. The molecule has 0 unspecified atom stereocenters. The van der Waals surface area contributed by atoms with Crippen LogP contribution in [0.3, 0.4) is 0 Å². The summed E-state index contributed by atoms with van der Waals surface area (Å²) >= 11 is 0. The van der Waals surface area contributed by atoms with Gasteiger partial charge in [0, 0.05) is 12.5 Å². The van der Waals surface area contributed by atoms with Crippen molar-refractivity contribution < 1.29 is 37.7 Å². The number of carbonyl (C=O) groups excluding carboxylic acids is 1. The summed E-state index contributed by atoms with van der Waals surface area (Å²) in [6.07, 6.45) is -2.17. The third-order valence-corrected chi connectivity index (χ3v) is 6.16. The highest BCUT2D eigenvalue weighted by Crippen LogP contribution is 2.43. The molecule has 2 aromatic rings. The number of halogens is 3. The number of hydrogen-bond acceptors (Lipinski definition) is 5. The van der Waals surface area contributed by atoms with Crippen molar-refractivity contribution >= 4 is 11.9 Å². The normalized spacial score (nSPS) is 20.9. The van der Waals surface area contributed by atoms with E-state index < -0.39 is 35.7 Å². The maximum Gasteiger partial charge on any atom is 0.416 e. The molecule has 2 aromatic carbocycles. The van der Waals surface area contributed by atoms with Crippen LogP contribution in [0.2, 0.25) is 0 Å². The SMILES string of the molecule is CN(C)C[C@H]1CCCC[C@]1(O)c1cccc(OC(=O)c2ccc(C(F)(F)F)cc2CC(=O)O)c1. The lowest BCUT2D eigenvalue weighted by Gasteiger charge is -2.41. The number of carbonyl (C=O) groups is 2. The summed E-state index contributed by atoms with van der Waals surface area (Å²) in [7, 11) is 3.87. The Morgan fingerprint density at radius 1 is 1.15 bits per heavy atom. The standard InChI is InChI=1S/C25H28F3NO5/c1-29(2)15-19-6-3-4-11-24(19,33)17-7-5-8-20(14-17)34-23(32)21-10-9-18(25(26,27)28)12-16(21)13-22(30)31/h5,7-10,12,14,19,33H,3-4,6,11,13,15H2,1-2H3,(H,30,31)/t19-,24+/m1/s1. The maximum atomic E-state index is 13.1. The quantitative estimate of drug-likeness (QED) is 0.450. The van der Waals surface area contributed by atoms with Crippen LogP contribution in [0.1, 0.15) is 52.7 Å². The van der Waals surface area contributed by atoms with E-state index in [1.54, 1.807) is 18.2 Å². The number of nitrogens with zero attached hydrogens (tertiary/aromatic N) is 1. The molecule has 2 N–H and O–H groups in total. The number of hydrogen-bond donors (Lipinski definition) is 2. The molecule has 1 aliphatic carbocycles. The molecule has 0 heterocycles. The highest BCUT2D eigenvalue weighted by Gasteiger charge is 2.40. The van der Waals surface area contributed by atoms with Gasteiger partial charge in [-0.3, -0.25) is 4.79 Å². The Bertz CT molecular complexity index is 1050. The average molecular weight is 479 g/mol. The first-order valence-electron chi connectivity index (χ1n) is 11.0. The summed E-state index contributed by atoms with van der Waals surface area (Å²) in [6.45, 7) is 0.685. The van der Waals surface area contributed by atoms with Crippen LogP contribution in [0, 0.1) is 5.92 Å². The van der Waals surface area contributed by atoms with Crippen LogP contribution in [0.25, 0.3) is 0 Å². The molecule has 0 saturated heterocycles. The predicted molar refractivity (Wildman–Crippen MR) is 119 cm³/mol. The Morgan fingerprint density at radius 2 is 1.88 bits per heavy atom. The number of esters is 1. The number of carboxylic acids is 1. The van der Waals surface area contributed by atoms with E-state index >= 15 is 0 Å². The van der Waals surface area contributed by atoms with Gasteiger partial charge in [0.05, 0.1) is 23.1 Å². The summed E-state index contributed by atoms with van der Waals surface area (Å²) in [4.78, 5) is 26.0. The fourth-order valence-electron chi connectivity index (χ4n) is 4.56. The van der Waals surface area contributed by atoms with Crippen molar-refractivity contribution in [3.63, 3.8) is 0 Å². The molecular formula is C25H28F3NO5. The number of rotatable bonds is 7. The van der Waals surface area contributed by atoms with Gasteiger partial charge in [-0.1, -0.05) is 25.0 Å². The van der Waals surface area contributed by atoms with Crippen molar-refractivity contribution in [2.45, 2.75) is 43.9 Å². The zero-order valence-corrected chi connectivity index (χ0v) is 19.1. The summed E-state index contributed by atoms with van der Waals surface area (Å²) in [5, 5.41) is 20.6. The topological polar surface area (TPSA) is 87.1 Å². The molecule has 0 spiro atoms. The number of alkyl halides is 3. The fraction of sp³-hybridized carbons (Fsp3) is 0.440. The number of ether oxygens (including phenoxy) is 1. The van der Waals surface area contributed by atoms with Crippen LogP contribution < -0.4 is 4.74 Å². The summed E-state index contributed by atoms with van der Waals surface area (Å²) in [6, 6.07) is 8.77. The van der Waals surface area contributed by atoms with Gasteiger partial charge in [0.15, 0.2) is 0 Å². The van der Waals surface area contributed by atoms with Gasteiger partial charge in [-0.2, -0.15) is 13.2 Å². The average Bonchev–Trinajstić information content (AvgIpc) is 2.74. The maximum absolute atomic E-state index is 13.1. The first-order valence-corrected chi connectivity index (χ1v) is 11.0. The molecule has 0 aliphatic heterocycles. The number of aliphatic hydroxyl groups is 1. The molecule has 0 amide bonds. The van der Waals surface area contributed by atoms with E-state index in [4.69, 9.17) is 9.84 Å². The Labute approximate surface area is 196 Å². The fourth-order valence-corrected chi connectivity index (χ4v) is 4.56. The molecule has 34 heavy (non-hydrogen) atoms. The van der Waals surface area contributed by atoms with Crippen LogP contribution in [0.5, 0.6) is 5.75 Å². The van der Waals surface area contributed by atoms with Crippen LogP contribution in [0.15, 0.2) is 42.5 Å². The van der Waals surface area contributed by atoms with E-state index in [0.717, 1.165) is 31.4 Å². The minimum atomic E-state index is -4.68. The Morgan fingerprint density at radius 3 is 2.53 bits per heavy atom. The molecular weight excluding hydrogens is 451 g/mol. The number of carboxylic acid groups (broad SMARTS) is 1. The smallest absolute Gasteiger partial charge is 0.416 e. The van der Waals surface area contributed by atoms with Crippen molar-refractivity contribution in [3.05, 3.63) is 64.7 Å². The monoisotopic (exact) mass is 479 g/mol. The minimum Gasteiger partial charge on any atom is -0.481 e. The second-order valence-corrected chi connectivity index (χ2v) is 8.99. The highest BCUT2D eigenvalue weighted by molar-refractivity contribution is 5.94. The van der Waals surface area contributed by atoms with E-state index in [1.807, 2.05) is 19.0 Å². The molecule has 1 aliphatic rings. The zero-order chi connectivity index (χ0) is 25.1. The van der Waals surface area contributed by atoms with E-state index in [1.165, 1.54) is 6.07 Å². The van der Waals surface area contributed by atoms with Crippen LogP contribution in [0.4, 0.5) is 13.2 Å². The lowest BCUT2D eigenvalue weighted by Crippen LogP contribution is -2.43. The minimum absolute atomic E-state index is 0.0146. The van der Waals surface area contributed by atoms with E-state index in [9.17, 15) is 27.9 Å². The lowest BCUT2D eigenvalue weighted by atomic mass is 9.71. The first kappa shape index (κ1) is 25.7. The highest BCUT2D eigenvalue weighted by atomic mass is 19.4. The lowest BCUT2D eigenvalue weighted by molar-refractivity contribution is -0.138. The molecule has 1 saturated carbocycles. The van der Waals surface area contributed by atoms with Gasteiger partial charge in [-0.05, 0) is 68.4 Å². The van der Waals surface area contributed by atoms with Crippen LogP contribution in [-0.4, -0.2) is 47.7 Å². The van der Waals surface area contributed by atoms with E-state index in [2.05, 4.69) is 0 Å². The molecule has 9 heteroatoms. The van der Waals surface area contributed by atoms with Gasteiger partial charge in [0.2, 0.25) is 0 Å². The zero-order valence-electron chi connectivity index (χ0n) is 19.1. The number of aliphatic carboxylic acids is 1. The largest absolute Gasteiger partial charge is 0.481 e. The second-order valence-electron chi connectivity index (χ2n) is 8.99. The van der Waals surface area contributed by atoms with Gasteiger partial charge >= 0.3 is 18.1 Å². The predicted octanol–water partition coefficient (Wildman–Crippen LogP) is 4.49. The van der Waals surface area contributed by atoms with Crippen molar-refractivity contribution in [1.29, 1.82) is 0 Å². The van der Waals surface area contributed by atoms with Crippen molar-refractivity contribution in [3.8, 4) is 5.75 Å². The molecule has 3 rings (SSSR count). The van der Waals surface area contributed by atoms with Gasteiger partial charge in [0.1, 0.15) is 5.75 Å². The van der Waals surface area contributed by atoms with Crippen molar-refractivity contribution in [1.82, 2.24) is 4.90 Å². The van der Waals surface area contributed by atoms with Crippen molar-refractivity contribution in [2.75, 3.05) is 20.6 Å². The first-order chi connectivity index (χ1) is 15.9. The summed E-state index contributed by atoms with van der Waals surface area (Å²) in [5.74, 6) is -2.24. The molecule has 0 bridgehead atoms. The Hall–Kier alpha value is -2.91. The van der Waals surface area contributed by atoms with E-state index in [0.29, 0.717) is 24.6 Å². The van der Waals surface area contributed by atoms with Gasteiger partial charge < -0.3 is 19.8 Å². The second kappa shape index (κ2) is 10.1. The van der Waals surface area contributed by atoms with Crippen LogP contribution in [-0.2, 0) is 23.0 Å². The summed E-state index contributed by atoms with van der Waals surface area (Å²) in [5.41, 5.74) is -2.10. The summed E-state index contributed by atoms with van der Waals surface area (Å²) < 4.78 is 44.6.